The van der Waals surface area contributed by atoms with E-state index in [0.717, 1.165) is 11.1 Å². The van der Waals surface area contributed by atoms with Gasteiger partial charge in [0, 0.05) is 48.7 Å². The Morgan fingerprint density at radius 3 is 2.82 bits per heavy atom. The van der Waals surface area contributed by atoms with E-state index in [0.29, 0.717) is 32.4 Å². The number of hydrogen-bond acceptors (Lipinski definition) is 6. The van der Waals surface area contributed by atoms with Crippen molar-refractivity contribution in [2.24, 2.45) is 5.92 Å². The van der Waals surface area contributed by atoms with Gasteiger partial charge in [-0.1, -0.05) is 24.3 Å². The van der Waals surface area contributed by atoms with Gasteiger partial charge in [-0.3, -0.25) is 25.0 Å². The number of aromatic nitrogens is 2. The average molecular weight is 384 g/mol. The van der Waals surface area contributed by atoms with Crippen LogP contribution in [0.5, 0.6) is 0 Å². The molecule has 1 aromatic carbocycles. The van der Waals surface area contributed by atoms with E-state index in [1.165, 1.54) is 0 Å². The minimum Gasteiger partial charge on any atom is -0.351 e. The van der Waals surface area contributed by atoms with Crippen LogP contribution in [0.15, 0.2) is 42.7 Å². The predicted octanol–water partition coefficient (Wildman–Crippen LogP) is 0.838. The number of rotatable bonds is 6. The van der Waals surface area contributed by atoms with Gasteiger partial charge in [-0.05, 0) is 23.6 Å². The van der Waals surface area contributed by atoms with Crippen LogP contribution in [0.1, 0.15) is 30.4 Å². The van der Waals surface area contributed by atoms with Gasteiger partial charge in [0.05, 0.1) is 6.54 Å². The second-order valence-electron chi connectivity index (χ2n) is 7.48. The van der Waals surface area contributed by atoms with Gasteiger partial charge in [-0.25, -0.2) is 5.43 Å². The second kappa shape index (κ2) is 8.07. The maximum Gasteiger partial charge on any atom is 0.239 e. The van der Waals surface area contributed by atoms with Crippen LogP contribution < -0.4 is 16.2 Å². The summed E-state index contributed by atoms with van der Waals surface area (Å²) in [5.74, 6) is -0.193. The first kappa shape index (κ1) is 18.6. The first-order valence-electron chi connectivity index (χ1n) is 9.58. The van der Waals surface area contributed by atoms with Crippen LogP contribution in [0.25, 0.3) is 0 Å². The Kier molecular flexibility index (Phi) is 5.36. The summed E-state index contributed by atoms with van der Waals surface area (Å²) in [7, 11) is 0. The largest absolute Gasteiger partial charge is 0.351 e. The number of nitro groups is 1. The van der Waals surface area contributed by atoms with Crippen molar-refractivity contribution in [3.8, 4) is 0 Å². The van der Waals surface area contributed by atoms with Crippen molar-refractivity contribution in [1.82, 2.24) is 25.9 Å². The number of nitrogens with one attached hydrogen (secondary N) is 3. The summed E-state index contributed by atoms with van der Waals surface area (Å²) in [5, 5.41) is 18.4. The highest BCUT2D eigenvalue weighted by atomic mass is 16.6. The van der Waals surface area contributed by atoms with Crippen LogP contribution in [0.2, 0.25) is 0 Å². The van der Waals surface area contributed by atoms with Crippen LogP contribution in [-0.4, -0.2) is 38.7 Å². The molecule has 2 heterocycles. The Morgan fingerprint density at radius 2 is 2.07 bits per heavy atom. The van der Waals surface area contributed by atoms with E-state index in [2.05, 4.69) is 21.3 Å². The van der Waals surface area contributed by atoms with E-state index < -0.39 is 12.1 Å². The molecule has 9 nitrogen and oxygen atoms in total. The number of benzene rings is 1. The zero-order valence-electron chi connectivity index (χ0n) is 15.5. The molecule has 1 saturated carbocycles. The fraction of sp³-hybridized carbons (Fsp3) is 0.474. The smallest absolute Gasteiger partial charge is 0.239 e. The Balaban J connectivity index is 1.39. The lowest BCUT2D eigenvalue weighted by Gasteiger charge is -2.28. The molecule has 1 saturated heterocycles. The summed E-state index contributed by atoms with van der Waals surface area (Å²) in [4.78, 5) is 23.7. The highest BCUT2D eigenvalue weighted by molar-refractivity contribution is 5.82. The number of carbonyl (C=O) groups excluding carboxylic acids is 1. The summed E-state index contributed by atoms with van der Waals surface area (Å²) < 4.78 is 1.84. The summed E-state index contributed by atoms with van der Waals surface area (Å²) >= 11 is 0. The summed E-state index contributed by atoms with van der Waals surface area (Å²) in [6.45, 7) is 1.04. The van der Waals surface area contributed by atoms with Gasteiger partial charge in [0.15, 0.2) is 0 Å². The van der Waals surface area contributed by atoms with E-state index >= 15 is 0 Å². The topological polar surface area (TPSA) is 114 Å². The molecular weight excluding hydrogens is 360 g/mol. The van der Waals surface area contributed by atoms with Gasteiger partial charge >= 0.3 is 0 Å². The van der Waals surface area contributed by atoms with Crippen molar-refractivity contribution >= 4 is 5.91 Å². The lowest BCUT2D eigenvalue weighted by atomic mass is 9.79. The van der Waals surface area contributed by atoms with E-state index in [-0.39, 0.29) is 22.8 Å². The Bertz CT molecular complexity index is 840. The minimum absolute atomic E-state index is 0.0662. The molecule has 148 valence electrons. The number of hydrogen-bond donors (Lipinski definition) is 3. The quantitative estimate of drug-likeness (QED) is 0.502. The molecule has 4 atom stereocenters. The molecule has 1 aliphatic carbocycles. The molecule has 1 amide bonds. The second-order valence-corrected chi connectivity index (χ2v) is 7.48. The molecule has 28 heavy (non-hydrogen) atoms. The van der Waals surface area contributed by atoms with Crippen molar-refractivity contribution in [2.75, 3.05) is 0 Å². The van der Waals surface area contributed by atoms with Gasteiger partial charge in [0.1, 0.15) is 6.04 Å². The van der Waals surface area contributed by atoms with Gasteiger partial charge < -0.3 is 5.32 Å². The molecule has 0 radical (unpaired) electrons. The molecule has 0 spiro atoms. The number of nitrogens with zero attached hydrogens (tertiary/aromatic N) is 3. The van der Waals surface area contributed by atoms with Crippen LogP contribution in [0.4, 0.5) is 0 Å². The minimum atomic E-state index is -0.562. The van der Waals surface area contributed by atoms with Crippen molar-refractivity contribution in [3.05, 3.63) is 64.0 Å². The molecule has 2 fully saturated rings. The van der Waals surface area contributed by atoms with Gasteiger partial charge in [-0.15, -0.1) is 0 Å². The lowest BCUT2D eigenvalue weighted by molar-refractivity contribution is -0.528. The highest BCUT2D eigenvalue weighted by Gasteiger charge is 2.46. The molecule has 0 bridgehead atoms. The summed E-state index contributed by atoms with van der Waals surface area (Å²) in [6.07, 6.45) is 5.32. The Morgan fingerprint density at radius 1 is 1.25 bits per heavy atom. The first-order chi connectivity index (χ1) is 13.6. The molecular formula is C19H24N6O3. The van der Waals surface area contributed by atoms with Crippen molar-refractivity contribution in [3.63, 3.8) is 0 Å². The van der Waals surface area contributed by atoms with Crippen molar-refractivity contribution in [2.45, 2.75) is 50.5 Å². The van der Waals surface area contributed by atoms with Crippen LogP contribution in [0, 0.1) is 16.0 Å². The highest BCUT2D eigenvalue weighted by Crippen LogP contribution is 2.31. The SMILES string of the molecule is O=C(NCc1ccccc1Cn1cccn1)C1NNC2CCC([N+](=O)[O-])CC21. The number of hydrazine groups is 1. The third-order valence-electron chi connectivity index (χ3n) is 5.77. The summed E-state index contributed by atoms with van der Waals surface area (Å²) in [6, 6.07) is 8.91. The first-order valence-corrected chi connectivity index (χ1v) is 9.58. The van der Waals surface area contributed by atoms with E-state index in [1.54, 1.807) is 6.20 Å². The summed E-state index contributed by atoms with van der Waals surface area (Å²) in [5.41, 5.74) is 8.31. The molecule has 9 heteroatoms. The molecule has 4 rings (SSSR count). The number of fused-ring (bicyclic) bond motifs is 1. The third kappa shape index (κ3) is 3.90. The van der Waals surface area contributed by atoms with Gasteiger partial charge in [-0.2, -0.15) is 5.10 Å². The maximum atomic E-state index is 12.8. The monoisotopic (exact) mass is 384 g/mol. The number of amides is 1. The predicted molar refractivity (Wildman–Crippen MR) is 102 cm³/mol. The molecule has 2 aliphatic rings. The van der Waals surface area contributed by atoms with Crippen LogP contribution in [-0.2, 0) is 17.9 Å². The third-order valence-corrected chi connectivity index (χ3v) is 5.77. The zero-order chi connectivity index (χ0) is 19.5. The fourth-order valence-electron chi connectivity index (χ4n) is 4.23. The molecule has 4 unspecified atom stereocenters. The molecule has 1 aliphatic heterocycles. The van der Waals surface area contributed by atoms with E-state index in [1.807, 2.05) is 41.2 Å². The Hall–Kier alpha value is -2.78. The maximum absolute atomic E-state index is 12.8. The molecule has 2 aromatic rings. The van der Waals surface area contributed by atoms with Crippen LogP contribution >= 0.6 is 0 Å². The molecule has 3 N–H and O–H groups in total. The van der Waals surface area contributed by atoms with E-state index in [9.17, 15) is 14.9 Å². The van der Waals surface area contributed by atoms with Gasteiger partial charge in [0.25, 0.3) is 0 Å². The lowest BCUT2D eigenvalue weighted by Crippen LogP contribution is -2.47. The number of carbonyl (C=O) groups is 1. The standard InChI is InChI=1S/C19H24N6O3/c26-19(18-16-10-15(25(27)28)6-7-17(16)22-23-18)20-11-13-4-1-2-5-14(13)12-24-9-3-8-21-24/h1-5,8-9,15-18,22-23H,6-7,10-12H2,(H,20,26). The van der Waals surface area contributed by atoms with E-state index in [4.69, 9.17) is 0 Å². The van der Waals surface area contributed by atoms with Gasteiger partial charge in [0.2, 0.25) is 11.9 Å². The van der Waals surface area contributed by atoms with Crippen LogP contribution in [0.3, 0.4) is 0 Å². The average Bonchev–Trinajstić information content (AvgIpc) is 3.36. The molecule has 1 aromatic heterocycles. The van der Waals surface area contributed by atoms with Crippen molar-refractivity contribution in [1.29, 1.82) is 0 Å². The normalized spacial score (nSPS) is 26.6. The fourth-order valence-corrected chi connectivity index (χ4v) is 4.23. The van der Waals surface area contributed by atoms with Crippen molar-refractivity contribution < 1.29 is 9.72 Å². The zero-order valence-corrected chi connectivity index (χ0v) is 15.5. The Labute approximate surface area is 162 Å².